The Bertz CT molecular complexity index is 134. The molecule has 0 amide bonds. The van der Waals surface area contributed by atoms with E-state index in [0.29, 0.717) is 5.41 Å². The second kappa shape index (κ2) is 3.78. The van der Waals surface area contributed by atoms with Crippen molar-refractivity contribution in [1.82, 2.24) is 0 Å². The summed E-state index contributed by atoms with van der Waals surface area (Å²) in [6.45, 7) is 6.86. The molecule has 1 aliphatic carbocycles. The Balaban J connectivity index is 2.32. The van der Waals surface area contributed by atoms with Crippen LogP contribution in [0, 0.1) is 11.3 Å². The van der Waals surface area contributed by atoms with Crippen LogP contribution in [0.3, 0.4) is 0 Å². The van der Waals surface area contributed by atoms with Crippen LogP contribution in [0.5, 0.6) is 0 Å². The van der Waals surface area contributed by atoms with Crippen molar-refractivity contribution >= 4 is 0 Å². The first-order valence-electron chi connectivity index (χ1n) is 5.15. The van der Waals surface area contributed by atoms with Crippen LogP contribution in [0.25, 0.3) is 0 Å². The fourth-order valence-electron chi connectivity index (χ4n) is 2.31. The SMILES string of the molecule is CC(C)(C)C[C@H]1CCC[C@@H](O)C1. The summed E-state index contributed by atoms with van der Waals surface area (Å²) >= 11 is 0. The van der Waals surface area contributed by atoms with Crippen LogP contribution >= 0.6 is 0 Å². The number of hydrogen-bond donors (Lipinski definition) is 1. The van der Waals surface area contributed by atoms with E-state index in [2.05, 4.69) is 20.8 Å². The smallest absolute Gasteiger partial charge is 0.0542 e. The maximum absolute atomic E-state index is 9.48. The highest BCUT2D eigenvalue weighted by atomic mass is 16.3. The Morgan fingerprint density at radius 1 is 1.25 bits per heavy atom. The molecule has 0 heterocycles. The Labute approximate surface area is 76.2 Å². The predicted molar refractivity (Wildman–Crippen MR) is 52.0 cm³/mol. The van der Waals surface area contributed by atoms with E-state index in [1.165, 1.54) is 19.3 Å². The molecule has 12 heavy (non-hydrogen) atoms. The second-order valence-electron chi connectivity index (χ2n) is 5.45. The van der Waals surface area contributed by atoms with Crippen molar-refractivity contribution in [3.8, 4) is 0 Å². The van der Waals surface area contributed by atoms with E-state index in [4.69, 9.17) is 0 Å². The molecular formula is C11H22O. The van der Waals surface area contributed by atoms with Gasteiger partial charge in [0.05, 0.1) is 6.10 Å². The third-order valence-electron chi connectivity index (χ3n) is 2.66. The minimum absolute atomic E-state index is 0.00824. The Morgan fingerprint density at radius 2 is 1.92 bits per heavy atom. The fourth-order valence-corrected chi connectivity index (χ4v) is 2.31. The van der Waals surface area contributed by atoms with E-state index in [1.807, 2.05) is 0 Å². The van der Waals surface area contributed by atoms with Gasteiger partial charge in [0.15, 0.2) is 0 Å². The number of hydrogen-bond acceptors (Lipinski definition) is 1. The lowest BCUT2D eigenvalue weighted by atomic mass is 9.77. The van der Waals surface area contributed by atoms with Gasteiger partial charge >= 0.3 is 0 Å². The van der Waals surface area contributed by atoms with Crippen molar-refractivity contribution in [2.24, 2.45) is 11.3 Å². The van der Waals surface area contributed by atoms with Gasteiger partial charge in [-0.3, -0.25) is 0 Å². The van der Waals surface area contributed by atoms with Crippen molar-refractivity contribution in [3.05, 3.63) is 0 Å². The zero-order chi connectivity index (χ0) is 9.19. The van der Waals surface area contributed by atoms with Crippen molar-refractivity contribution in [1.29, 1.82) is 0 Å². The molecular weight excluding hydrogens is 148 g/mol. The summed E-state index contributed by atoms with van der Waals surface area (Å²) in [6, 6.07) is 0. The zero-order valence-electron chi connectivity index (χ0n) is 8.64. The van der Waals surface area contributed by atoms with Crippen LogP contribution in [0.4, 0.5) is 0 Å². The van der Waals surface area contributed by atoms with Crippen LogP contribution in [0.1, 0.15) is 52.9 Å². The lowest BCUT2D eigenvalue weighted by Crippen LogP contribution is -2.23. The summed E-state index contributed by atoms with van der Waals surface area (Å²) in [7, 11) is 0. The van der Waals surface area contributed by atoms with Crippen molar-refractivity contribution < 1.29 is 5.11 Å². The van der Waals surface area contributed by atoms with Crippen LogP contribution in [0.2, 0.25) is 0 Å². The van der Waals surface area contributed by atoms with Crippen molar-refractivity contribution in [3.63, 3.8) is 0 Å². The van der Waals surface area contributed by atoms with Crippen LogP contribution < -0.4 is 0 Å². The summed E-state index contributed by atoms with van der Waals surface area (Å²) in [5.74, 6) is 0.772. The molecule has 1 fully saturated rings. The van der Waals surface area contributed by atoms with E-state index >= 15 is 0 Å². The van der Waals surface area contributed by atoms with Crippen molar-refractivity contribution in [2.75, 3.05) is 0 Å². The normalized spacial score (nSPS) is 32.0. The van der Waals surface area contributed by atoms with Gasteiger partial charge in [-0.25, -0.2) is 0 Å². The molecule has 0 unspecified atom stereocenters. The van der Waals surface area contributed by atoms with E-state index in [-0.39, 0.29) is 6.10 Å². The molecule has 1 heteroatoms. The summed E-state index contributed by atoms with van der Waals surface area (Å²) in [5, 5.41) is 9.48. The number of aliphatic hydroxyl groups excluding tert-OH is 1. The highest BCUT2D eigenvalue weighted by Crippen LogP contribution is 2.33. The summed E-state index contributed by atoms with van der Waals surface area (Å²) in [4.78, 5) is 0. The average Bonchev–Trinajstić information content (AvgIpc) is 1.82. The third-order valence-corrected chi connectivity index (χ3v) is 2.66. The van der Waals surface area contributed by atoms with Gasteiger partial charge in [0, 0.05) is 0 Å². The molecule has 1 saturated carbocycles. The topological polar surface area (TPSA) is 20.2 Å². The molecule has 0 spiro atoms. The van der Waals surface area contributed by atoms with Gasteiger partial charge in [-0.05, 0) is 30.6 Å². The molecule has 0 bridgehead atoms. The minimum atomic E-state index is -0.00824. The molecule has 0 aromatic rings. The fraction of sp³-hybridized carbons (Fsp3) is 1.00. The molecule has 0 radical (unpaired) electrons. The molecule has 0 aliphatic heterocycles. The maximum atomic E-state index is 9.48. The maximum Gasteiger partial charge on any atom is 0.0542 e. The first-order valence-corrected chi connectivity index (χ1v) is 5.15. The second-order valence-corrected chi connectivity index (χ2v) is 5.45. The zero-order valence-corrected chi connectivity index (χ0v) is 8.64. The first-order chi connectivity index (χ1) is 5.47. The molecule has 2 atom stereocenters. The monoisotopic (exact) mass is 170 g/mol. The Morgan fingerprint density at radius 3 is 2.42 bits per heavy atom. The van der Waals surface area contributed by atoms with Gasteiger partial charge in [-0.15, -0.1) is 0 Å². The van der Waals surface area contributed by atoms with Gasteiger partial charge in [-0.1, -0.05) is 33.6 Å². The highest BCUT2D eigenvalue weighted by Gasteiger charge is 2.24. The number of rotatable bonds is 1. The standard InChI is InChI=1S/C11H22O/c1-11(2,3)8-9-5-4-6-10(12)7-9/h9-10,12H,4-8H2,1-3H3/t9-,10+/m0/s1. The van der Waals surface area contributed by atoms with Gasteiger partial charge in [0.2, 0.25) is 0 Å². The molecule has 0 aromatic carbocycles. The first kappa shape index (κ1) is 10.0. The van der Waals surface area contributed by atoms with E-state index in [1.54, 1.807) is 0 Å². The van der Waals surface area contributed by atoms with Crippen LogP contribution in [0.15, 0.2) is 0 Å². The van der Waals surface area contributed by atoms with E-state index < -0.39 is 0 Å². The van der Waals surface area contributed by atoms with Crippen LogP contribution in [-0.4, -0.2) is 11.2 Å². The molecule has 0 aromatic heterocycles. The van der Waals surface area contributed by atoms with E-state index in [0.717, 1.165) is 18.8 Å². The Kier molecular flexibility index (Phi) is 3.16. The van der Waals surface area contributed by atoms with E-state index in [9.17, 15) is 5.11 Å². The summed E-state index contributed by atoms with van der Waals surface area (Å²) < 4.78 is 0. The van der Waals surface area contributed by atoms with Crippen molar-refractivity contribution in [2.45, 2.75) is 59.0 Å². The highest BCUT2D eigenvalue weighted by molar-refractivity contribution is 4.76. The summed E-state index contributed by atoms with van der Waals surface area (Å²) in [5.41, 5.74) is 0.432. The van der Waals surface area contributed by atoms with Gasteiger partial charge in [0.1, 0.15) is 0 Å². The minimum Gasteiger partial charge on any atom is -0.393 e. The number of aliphatic hydroxyl groups is 1. The molecule has 0 saturated heterocycles. The third kappa shape index (κ3) is 3.57. The molecule has 1 rings (SSSR count). The van der Waals surface area contributed by atoms with Gasteiger partial charge in [0.25, 0.3) is 0 Å². The molecule has 1 aliphatic rings. The van der Waals surface area contributed by atoms with Crippen LogP contribution in [-0.2, 0) is 0 Å². The lowest BCUT2D eigenvalue weighted by molar-refractivity contribution is 0.0858. The average molecular weight is 170 g/mol. The molecule has 1 N–H and O–H groups in total. The summed E-state index contributed by atoms with van der Waals surface area (Å²) in [6.07, 6.45) is 5.88. The molecule has 1 nitrogen and oxygen atoms in total. The quantitative estimate of drug-likeness (QED) is 0.641. The Hall–Kier alpha value is -0.0400. The largest absolute Gasteiger partial charge is 0.393 e. The van der Waals surface area contributed by atoms with Gasteiger partial charge < -0.3 is 5.11 Å². The van der Waals surface area contributed by atoms with Gasteiger partial charge in [-0.2, -0.15) is 0 Å². The molecule has 72 valence electrons. The lowest BCUT2D eigenvalue weighted by Gasteiger charge is -2.31. The predicted octanol–water partition coefficient (Wildman–Crippen LogP) is 2.97.